The lowest BCUT2D eigenvalue weighted by Gasteiger charge is -2.08. The first-order chi connectivity index (χ1) is 10.9. The minimum Gasteiger partial charge on any atom is -0.508 e. The molecule has 6 nitrogen and oxygen atoms in total. The number of phenolic OH excluding ortho intramolecular Hbond substituents is 1. The highest BCUT2D eigenvalue weighted by Gasteiger charge is 2.17. The fourth-order valence-electron chi connectivity index (χ4n) is 1.93. The van der Waals surface area contributed by atoms with Crippen molar-refractivity contribution in [3.8, 4) is 11.5 Å². The summed E-state index contributed by atoms with van der Waals surface area (Å²) in [4.78, 5) is 11.9. The highest BCUT2D eigenvalue weighted by Crippen LogP contribution is 2.16. The van der Waals surface area contributed by atoms with Gasteiger partial charge in [-0.2, -0.15) is 0 Å². The van der Waals surface area contributed by atoms with Gasteiger partial charge in [-0.15, -0.1) is 0 Å². The van der Waals surface area contributed by atoms with Crippen LogP contribution in [0.1, 0.15) is 12.5 Å². The Morgan fingerprint density at radius 1 is 1.09 bits per heavy atom. The molecule has 0 fully saturated rings. The average Bonchev–Trinajstić information content (AvgIpc) is 2.50. The molecule has 0 aliphatic carbocycles. The molecule has 1 amide bonds. The topological polar surface area (TPSA) is 92.7 Å². The van der Waals surface area contributed by atoms with Gasteiger partial charge in [0.2, 0.25) is 5.91 Å². The minimum atomic E-state index is -3.92. The van der Waals surface area contributed by atoms with Crippen LogP contribution in [-0.4, -0.2) is 26.0 Å². The van der Waals surface area contributed by atoms with Crippen molar-refractivity contribution in [2.45, 2.75) is 18.2 Å². The molecule has 0 aliphatic rings. The van der Waals surface area contributed by atoms with Gasteiger partial charge in [0.05, 0.1) is 17.9 Å². The third kappa shape index (κ3) is 4.72. The summed E-state index contributed by atoms with van der Waals surface area (Å²) < 4.78 is 31.5. The fraction of sp³-hybridized carbons (Fsp3) is 0.188. The largest absolute Gasteiger partial charge is 0.508 e. The summed E-state index contributed by atoms with van der Waals surface area (Å²) in [6.07, 6.45) is -0.101. The number of carbonyl (C=O) groups excluding carboxylic acids is 1. The van der Waals surface area contributed by atoms with E-state index in [4.69, 9.17) is 4.74 Å². The summed E-state index contributed by atoms with van der Waals surface area (Å²) >= 11 is 0. The van der Waals surface area contributed by atoms with Crippen LogP contribution < -0.4 is 9.46 Å². The lowest BCUT2D eigenvalue weighted by molar-refractivity contribution is -0.118. The van der Waals surface area contributed by atoms with E-state index < -0.39 is 15.9 Å². The summed E-state index contributed by atoms with van der Waals surface area (Å²) in [5, 5.41) is 9.18. The van der Waals surface area contributed by atoms with Crippen LogP contribution in [0, 0.1) is 0 Å². The number of rotatable bonds is 6. The van der Waals surface area contributed by atoms with E-state index >= 15 is 0 Å². The van der Waals surface area contributed by atoms with Crippen LogP contribution in [0.5, 0.6) is 11.5 Å². The van der Waals surface area contributed by atoms with E-state index in [0.717, 1.165) is 0 Å². The molecule has 122 valence electrons. The van der Waals surface area contributed by atoms with Crippen molar-refractivity contribution in [3.05, 3.63) is 54.1 Å². The van der Waals surface area contributed by atoms with Gasteiger partial charge < -0.3 is 9.84 Å². The van der Waals surface area contributed by atoms with Crippen LogP contribution in [0.3, 0.4) is 0 Å². The molecule has 2 aromatic carbocycles. The van der Waals surface area contributed by atoms with Gasteiger partial charge in [0.15, 0.2) is 0 Å². The minimum absolute atomic E-state index is 0.0139. The van der Waals surface area contributed by atoms with E-state index in [-0.39, 0.29) is 17.1 Å². The number of sulfonamides is 1. The van der Waals surface area contributed by atoms with Crippen LogP contribution in [0.25, 0.3) is 0 Å². The smallest absolute Gasteiger partial charge is 0.264 e. The monoisotopic (exact) mass is 335 g/mol. The summed E-state index contributed by atoms with van der Waals surface area (Å²) in [7, 11) is -3.92. The van der Waals surface area contributed by atoms with Gasteiger partial charge in [-0.3, -0.25) is 4.79 Å². The molecule has 23 heavy (non-hydrogen) atoms. The molecule has 0 bridgehead atoms. The van der Waals surface area contributed by atoms with Crippen LogP contribution >= 0.6 is 0 Å². The van der Waals surface area contributed by atoms with Gasteiger partial charge in [0.25, 0.3) is 10.0 Å². The Morgan fingerprint density at radius 2 is 1.70 bits per heavy atom. The Morgan fingerprint density at radius 3 is 2.26 bits per heavy atom. The summed E-state index contributed by atoms with van der Waals surface area (Å²) in [6.45, 7) is 2.31. The molecule has 0 radical (unpaired) electrons. The van der Waals surface area contributed by atoms with Crippen LogP contribution in [0.2, 0.25) is 0 Å². The summed E-state index contributed by atoms with van der Waals surface area (Å²) in [5.41, 5.74) is 0.599. The second-order valence-electron chi connectivity index (χ2n) is 4.78. The zero-order valence-corrected chi connectivity index (χ0v) is 13.3. The van der Waals surface area contributed by atoms with Crippen molar-refractivity contribution in [2.75, 3.05) is 6.61 Å². The number of amides is 1. The fourth-order valence-corrected chi connectivity index (χ4v) is 2.91. The number of hydrogen-bond donors (Lipinski definition) is 2. The molecule has 2 N–H and O–H groups in total. The molecule has 2 rings (SSSR count). The molecule has 0 unspecified atom stereocenters. The molecular weight excluding hydrogens is 318 g/mol. The maximum Gasteiger partial charge on any atom is 0.264 e. The van der Waals surface area contributed by atoms with E-state index in [9.17, 15) is 18.3 Å². The van der Waals surface area contributed by atoms with E-state index in [1.807, 2.05) is 11.6 Å². The molecule has 0 aromatic heterocycles. The van der Waals surface area contributed by atoms with Gasteiger partial charge in [0, 0.05) is 0 Å². The first kappa shape index (κ1) is 16.8. The molecule has 0 aliphatic heterocycles. The second-order valence-corrected chi connectivity index (χ2v) is 6.46. The SMILES string of the molecule is CCOc1ccc(S(=O)(=O)NC(=O)Cc2ccc(O)cc2)cc1. The van der Waals surface area contributed by atoms with Gasteiger partial charge in [-0.1, -0.05) is 12.1 Å². The van der Waals surface area contributed by atoms with E-state index in [1.165, 1.54) is 36.4 Å². The lowest BCUT2D eigenvalue weighted by atomic mass is 10.1. The highest BCUT2D eigenvalue weighted by atomic mass is 32.2. The molecule has 0 saturated heterocycles. The lowest BCUT2D eigenvalue weighted by Crippen LogP contribution is -2.31. The van der Waals surface area contributed by atoms with Crippen molar-refractivity contribution in [1.82, 2.24) is 4.72 Å². The predicted octanol–water partition coefficient (Wildman–Crippen LogP) is 1.84. The van der Waals surface area contributed by atoms with Crippen molar-refractivity contribution in [1.29, 1.82) is 0 Å². The Balaban J connectivity index is 2.04. The number of hydrogen-bond acceptors (Lipinski definition) is 5. The quantitative estimate of drug-likeness (QED) is 0.840. The maximum atomic E-state index is 12.1. The Labute approximate surface area is 134 Å². The Hall–Kier alpha value is -2.54. The van der Waals surface area contributed by atoms with Crippen LogP contribution in [0.15, 0.2) is 53.4 Å². The first-order valence-electron chi connectivity index (χ1n) is 6.97. The number of phenols is 1. The normalized spacial score (nSPS) is 11.0. The molecule has 7 heteroatoms. The van der Waals surface area contributed by atoms with E-state index in [0.29, 0.717) is 17.9 Å². The third-order valence-electron chi connectivity index (χ3n) is 2.99. The van der Waals surface area contributed by atoms with Gasteiger partial charge >= 0.3 is 0 Å². The number of ether oxygens (including phenoxy) is 1. The third-order valence-corrected chi connectivity index (χ3v) is 4.38. The standard InChI is InChI=1S/C16H17NO5S/c1-2-22-14-7-9-15(10-8-14)23(20,21)17-16(19)11-12-3-5-13(18)6-4-12/h3-10,18H,2,11H2,1H3,(H,17,19). The van der Waals surface area contributed by atoms with Crippen molar-refractivity contribution in [3.63, 3.8) is 0 Å². The number of carbonyl (C=O) groups is 1. The zero-order valence-electron chi connectivity index (χ0n) is 12.5. The summed E-state index contributed by atoms with van der Waals surface area (Å²) in [5.74, 6) is -0.0115. The summed E-state index contributed by atoms with van der Waals surface area (Å²) in [6, 6.07) is 11.8. The molecular formula is C16H17NO5S. The van der Waals surface area contributed by atoms with Gasteiger partial charge in [0.1, 0.15) is 11.5 Å². The van der Waals surface area contributed by atoms with E-state index in [1.54, 1.807) is 12.1 Å². The number of aromatic hydroxyl groups is 1. The highest BCUT2D eigenvalue weighted by molar-refractivity contribution is 7.90. The molecule has 0 atom stereocenters. The van der Waals surface area contributed by atoms with Crippen LogP contribution in [0.4, 0.5) is 0 Å². The zero-order chi connectivity index (χ0) is 16.9. The molecule has 0 spiro atoms. The average molecular weight is 335 g/mol. The van der Waals surface area contributed by atoms with E-state index in [2.05, 4.69) is 0 Å². The number of benzene rings is 2. The van der Waals surface area contributed by atoms with Crippen LogP contribution in [-0.2, 0) is 21.2 Å². The maximum absolute atomic E-state index is 12.1. The molecule has 0 saturated carbocycles. The van der Waals surface area contributed by atoms with Crippen molar-refractivity contribution in [2.24, 2.45) is 0 Å². The molecule has 2 aromatic rings. The molecule has 0 heterocycles. The Kier molecular flexibility index (Phi) is 5.23. The Bertz CT molecular complexity index is 767. The van der Waals surface area contributed by atoms with Crippen molar-refractivity contribution < 1.29 is 23.1 Å². The second kappa shape index (κ2) is 7.15. The first-order valence-corrected chi connectivity index (χ1v) is 8.45. The van der Waals surface area contributed by atoms with Gasteiger partial charge in [-0.05, 0) is 48.9 Å². The van der Waals surface area contributed by atoms with Crippen molar-refractivity contribution >= 4 is 15.9 Å². The van der Waals surface area contributed by atoms with Gasteiger partial charge in [-0.25, -0.2) is 13.1 Å². The predicted molar refractivity (Wildman–Crippen MR) is 84.8 cm³/mol. The number of nitrogens with one attached hydrogen (secondary N) is 1.